The van der Waals surface area contributed by atoms with Crippen LogP contribution in [-0.2, 0) is 0 Å². The Morgan fingerprint density at radius 2 is 0.773 bits per heavy atom. The number of thioether (sulfide) groups is 1. The largest absolute Gasteiger partial charge is 0.334 e. The molecular formula is C102H72B2N4S2. The Morgan fingerprint density at radius 1 is 0.318 bits per heavy atom. The number of hydrogen-bond acceptors (Lipinski definition) is 6. The molecule has 15 aromatic rings. The first-order valence-corrected chi connectivity index (χ1v) is 39.9. The Bertz CT molecular complexity index is 6080. The van der Waals surface area contributed by atoms with Gasteiger partial charge in [0, 0.05) is 93.8 Å². The highest BCUT2D eigenvalue weighted by molar-refractivity contribution is 8.01. The van der Waals surface area contributed by atoms with Crippen molar-refractivity contribution in [3.63, 3.8) is 0 Å². The lowest BCUT2D eigenvalue weighted by Gasteiger charge is -2.57. The van der Waals surface area contributed by atoms with Gasteiger partial charge in [-0.3, -0.25) is 0 Å². The highest BCUT2D eigenvalue weighted by Crippen LogP contribution is 2.60. The van der Waals surface area contributed by atoms with E-state index < -0.39 is 0 Å². The topological polar surface area (TPSA) is 13.0 Å². The predicted octanol–water partition coefficient (Wildman–Crippen LogP) is 24.9. The van der Waals surface area contributed by atoms with E-state index in [1.807, 2.05) is 11.8 Å². The third kappa shape index (κ3) is 11.5. The maximum absolute atomic E-state index is 2.86. The molecule has 518 valence electrons. The van der Waals surface area contributed by atoms with E-state index >= 15 is 0 Å². The minimum Gasteiger partial charge on any atom is -0.334 e. The third-order valence-electron chi connectivity index (χ3n) is 23.1. The SMILES string of the molecule is C1=C2B3c4ccccc4N(c4ccccc4)C4=CC(N(c5ccc(-c6ccccc6)cc5)c5cccc(-c6ccccc6)c5)=CC(C34)N(c3c(-c4ccccc4)cccc3-c3ccccc3)C2=CC2Sc3cc(N(c4ccc(-c5ccccc5)cc4)c4cccc(-c5ccccc5)c4)cc4c3B(c3ccccc3S4)C12. The lowest BCUT2D eigenvalue weighted by atomic mass is 9.25. The van der Waals surface area contributed by atoms with Gasteiger partial charge in [0.05, 0.1) is 11.7 Å². The van der Waals surface area contributed by atoms with Gasteiger partial charge in [0.15, 0.2) is 0 Å². The molecule has 4 unspecified atom stereocenters. The summed E-state index contributed by atoms with van der Waals surface area (Å²) in [5.41, 5.74) is 32.3. The fourth-order valence-corrected chi connectivity index (χ4v) is 21.0. The summed E-state index contributed by atoms with van der Waals surface area (Å²) in [6.45, 7) is 0.00871. The number of anilines is 8. The second kappa shape index (κ2) is 27.8. The van der Waals surface area contributed by atoms with E-state index in [2.05, 4.69) is 444 Å². The van der Waals surface area contributed by atoms with Crippen LogP contribution < -0.4 is 36.0 Å². The maximum atomic E-state index is 2.86. The predicted molar refractivity (Wildman–Crippen MR) is 467 cm³/mol. The first-order chi connectivity index (χ1) is 54.6. The monoisotopic (exact) mass is 1440 g/mol. The van der Waals surface area contributed by atoms with Crippen molar-refractivity contribution in [3.8, 4) is 66.8 Å². The highest BCUT2D eigenvalue weighted by atomic mass is 32.2. The summed E-state index contributed by atoms with van der Waals surface area (Å²) >= 11 is 4.00. The molecule has 2 aliphatic carbocycles. The van der Waals surface area contributed by atoms with Gasteiger partial charge < -0.3 is 19.6 Å². The van der Waals surface area contributed by atoms with E-state index in [0.717, 1.165) is 45.4 Å². The molecule has 4 heterocycles. The standard InChI is InChI=1S/C102H72B2N4S2/c1-8-29-69(30-9-1)73-53-57-80(58-54-73)105(82-45-26-41-77(61-82)71-33-12-3-13-34-71)84-63-94-100-95(64-84)108(102-86(75-37-16-5-17-38-75)47-28-48-87(102)76-39-18-6-19-40-76)93-68-97-91(67-90(93)103(100)88-49-22-24-51-92(88)107(94)79-43-20-7-21-44-79)104-89-50-23-25-52-96(89)109-98-65-85(66-99(110-97)101(98)104)106(81-59-55-74(56-60-81)70-31-10-2-11-32-70)83-46-27-42-78(62-83)72-35-14-4-15-36-72/h1-68,91,95,97,100H. The van der Waals surface area contributed by atoms with E-state index in [4.69, 9.17) is 0 Å². The van der Waals surface area contributed by atoms with E-state index in [-0.39, 0.29) is 36.4 Å². The molecule has 110 heavy (non-hydrogen) atoms. The zero-order chi connectivity index (χ0) is 72.6. The van der Waals surface area contributed by atoms with Crippen LogP contribution in [0.1, 0.15) is 0 Å². The van der Waals surface area contributed by atoms with Crippen molar-refractivity contribution in [1.82, 2.24) is 0 Å². The van der Waals surface area contributed by atoms with Crippen molar-refractivity contribution in [2.45, 2.75) is 37.6 Å². The zero-order valence-electron chi connectivity index (χ0n) is 60.3. The van der Waals surface area contributed by atoms with Gasteiger partial charge in [-0.25, -0.2) is 0 Å². The van der Waals surface area contributed by atoms with Crippen LogP contribution in [0.4, 0.5) is 45.5 Å². The molecule has 4 atom stereocenters. The van der Waals surface area contributed by atoms with Gasteiger partial charge in [0.2, 0.25) is 13.4 Å². The molecule has 8 heteroatoms. The first kappa shape index (κ1) is 65.6. The normalized spacial score (nSPS) is 16.8. The molecule has 0 bridgehead atoms. The second-order valence-electron chi connectivity index (χ2n) is 29.3. The molecule has 0 saturated carbocycles. The van der Waals surface area contributed by atoms with Crippen LogP contribution in [0.5, 0.6) is 0 Å². The minimum atomic E-state index is -0.260. The molecule has 0 amide bonds. The summed E-state index contributed by atoms with van der Waals surface area (Å²) < 4.78 is 0. The van der Waals surface area contributed by atoms with Crippen LogP contribution in [0.2, 0.25) is 11.6 Å². The molecular weight excluding hydrogens is 1370 g/mol. The number of allylic oxidation sites excluding steroid dienone is 3. The minimum absolute atomic E-state index is 0.00990. The van der Waals surface area contributed by atoms with Gasteiger partial charge in [-0.15, -0.1) is 11.8 Å². The maximum Gasteiger partial charge on any atom is 0.225 e. The van der Waals surface area contributed by atoms with Gasteiger partial charge in [-0.2, -0.15) is 0 Å². The Morgan fingerprint density at radius 3 is 1.35 bits per heavy atom. The molecule has 4 nitrogen and oxygen atoms in total. The zero-order valence-corrected chi connectivity index (χ0v) is 62.0. The van der Waals surface area contributed by atoms with Gasteiger partial charge >= 0.3 is 0 Å². The molecule has 21 rings (SSSR count). The molecule has 0 radical (unpaired) electrons. The number of hydrogen-bond donors (Lipinski definition) is 0. The smallest absolute Gasteiger partial charge is 0.225 e. The van der Waals surface area contributed by atoms with Crippen molar-refractivity contribution in [2.24, 2.45) is 0 Å². The van der Waals surface area contributed by atoms with Crippen LogP contribution in [0.25, 0.3) is 66.8 Å². The fourth-order valence-electron chi connectivity index (χ4n) is 18.3. The summed E-state index contributed by atoms with van der Waals surface area (Å²) in [7, 11) is 0. The van der Waals surface area contributed by atoms with E-state index in [1.54, 1.807) is 0 Å². The first-order valence-electron chi connectivity index (χ1n) is 38.2. The second-order valence-corrected chi connectivity index (χ2v) is 31.6. The highest BCUT2D eigenvalue weighted by Gasteiger charge is 2.57. The molecule has 1 saturated heterocycles. The van der Waals surface area contributed by atoms with Crippen LogP contribution in [0.3, 0.4) is 0 Å². The van der Waals surface area contributed by atoms with Crippen LogP contribution in [0, 0.1) is 0 Å². The molecule has 6 aliphatic rings. The average Bonchev–Trinajstić information content (AvgIpc) is 0.686. The lowest BCUT2D eigenvalue weighted by Crippen LogP contribution is -2.62. The Kier molecular flexibility index (Phi) is 16.6. The molecule has 15 aromatic carbocycles. The van der Waals surface area contributed by atoms with Crippen LogP contribution in [0.15, 0.2) is 450 Å². The van der Waals surface area contributed by atoms with Gasteiger partial charge in [-0.05, 0) is 176 Å². The Labute approximate surface area is 653 Å². The summed E-state index contributed by atoms with van der Waals surface area (Å²) in [5.74, 6) is -0.00525. The number of benzene rings is 15. The van der Waals surface area contributed by atoms with Crippen molar-refractivity contribution >= 4 is 98.8 Å². The molecule has 0 aromatic heterocycles. The lowest BCUT2D eigenvalue weighted by molar-refractivity contribution is 0.681. The fraction of sp³-hybridized carbons (Fsp3) is 0.0392. The quantitative estimate of drug-likeness (QED) is 0.0999. The van der Waals surface area contributed by atoms with Crippen molar-refractivity contribution < 1.29 is 0 Å². The molecule has 1 fully saturated rings. The average molecular weight is 1440 g/mol. The molecule has 0 spiro atoms. The van der Waals surface area contributed by atoms with E-state index in [1.165, 1.54) is 121 Å². The van der Waals surface area contributed by atoms with Crippen molar-refractivity contribution in [3.05, 3.63) is 435 Å². The summed E-state index contributed by atoms with van der Waals surface area (Å²) in [5, 5.41) is 0.00990. The molecule has 0 N–H and O–H groups in total. The third-order valence-corrected chi connectivity index (χ3v) is 25.6. The summed E-state index contributed by atoms with van der Waals surface area (Å²) in [6.07, 6.45) is 10.8. The number of fused-ring (bicyclic) bond motifs is 8. The number of para-hydroxylation sites is 3. The van der Waals surface area contributed by atoms with E-state index in [9.17, 15) is 0 Å². The van der Waals surface area contributed by atoms with Gasteiger partial charge in [0.25, 0.3) is 0 Å². The van der Waals surface area contributed by atoms with Crippen LogP contribution in [-0.4, -0.2) is 24.7 Å². The summed E-state index contributed by atoms with van der Waals surface area (Å²) in [6, 6.07) is 144. The van der Waals surface area contributed by atoms with E-state index in [0.29, 0.717) is 0 Å². The Hall–Kier alpha value is -12.7. The summed E-state index contributed by atoms with van der Waals surface area (Å²) in [4.78, 5) is 14.5. The Balaban J connectivity index is 0.819. The van der Waals surface area contributed by atoms with Crippen LogP contribution >= 0.6 is 23.5 Å². The van der Waals surface area contributed by atoms with Crippen molar-refractivity contribution in [2.75, 3.05) is 19.6 Å². The number of nitrogens with zero attached hydrogens (tertiary/aromatic N) is 4. The number of rotatable bonds is 14. The van der Waals surface area contributed by atoms with Gasteiger partial charge in [0.1, 0.15) is 0 Å². The molecule has 4 aliphatic heterocycles. The van der Waals surface area contributed by atoms with Crippen molar-refractivity contribution in [1.29, 1.82) is 0 Å². The van der Waals surface area contributed by atoms with Gasteiger partial charge in [-0.1, -0.05) is 332 Å².